The molecule has 0 bridgehead atoms. The highest BCUT2D eigenvalue weighted by Crippen LogP contribution is 2.49. The molecule has 1 atom stereocenters. The number of hydrogen-bond donors (Lipinski definition) is 2. The Morgan fingerprint density at radius 1 is 1.57 bits per heavy atom. The molecule has 1 rings (SSSR count). The van der Waals surface area contributed by atoms with Crippen molar-refractivity contribution in [3.05, 3.63) is 0 Å². The lowest BCUT2D eigenvalue weighted by Gasteiger charge is -2.53. The summed E-state index contributed by atoms with van der Waals surface area (Å²) in [6, 6.07) is 0. The van der Waals surface area contributed by atoms with Gasteiger partial charge in [0.1, 0.15) is 0 Å². The molecule has 0 radical (unpaired) electrons. The molecule has 1 unspecified atom stereocenters. The van der Waals surface area contributed by atoms with E-state index in [1.165, 1.54) is 0 Å². The number of aliphatic hydroxyl groups excluding tert-OH is 1. The first-order chi connectivity index (χ1) is 6.37. The van der Waals surface area contributed by atoms with Crippen LogP contribution in [0.25, 0.3) is 0 Å². The summed E-state index contributed by atoms with van der Waals surface area (Å²) in [6.07, 6.45) is -0.504. The van der Waals surface area contributed by atoms with Gasteiger partial charge >= 0.3 is 5.97 Å². The summed E-state index contributed by atoms with van der Waals surface area (Å²) in [5.74, 6) is -1.16. The summed E-state index contributed by atoms with van der Waals surface area (Å²) in [6.45, 7) is 6.66. The second kappa shape index (κ2) is 3.51. The van der Waals surface area contributed by atoms with Crippen LogP contribution < -0.4 is 0 Å². The Kier molecular flexibility index (Phi) is 2.88. The van der Waals surface area contributed by atoms with Gasteiger partial charge < -0.3 is 14.9 Å². The molecule has 4 heteroatoms. The van der Waals surface area contributed by atoms with Crippen molar-refractivity contribution in [1.29, 1.82) is 0 Å². The quantitative estimate of drug-likeness (QED) is 0.710. The van der Waals surface area contributed by atoms with Gasteiger partial charge in [-0.15, -0.1) is 0 Å². The van der Waals surface area contributed by atoms with Gasteiger partial charge in [0.2, 0.25) is 0 Å². The van der Waals surface area contributed by atoms with Gasteiger partial charge in [0.15, 0.2) is 6.10 Å². The average Bonchev–Trinajstić information content (AvgIpc) is 2.01. The van der Waals surface area contributed by atoms with Crippen LogP contribution in [0.15, 0.2) is 0 Å². The number of ether oxygens (including phenoxy) is 1. The molecular weight excluding hydrogens is 184 g/mol. The van der Waals surface area contributed by atoms with Crippen molar-refractivity contribution >= 4 is 5.97 Å². The van der Waals surface area contributed by atoms with Crippen molar-refractivity contribution < 1.29 is 19.7 Å². The van der Waals surface area contributed by atoms with Crippen molar-refractivity contribution in [2.75, 3.05) is 13.2 Å². The van der Waals surface area contributed by atoms with Gasteiger partial charge in [0.05, 0.1) is 13.2 Å². The standard InChI is InChI=1S/C10H18O4/c1-4-10(5-14-6-10)9(2,3)7(11)8(12)13/h7,11H,4-6H2,1-3H3,(H,12,13). The molecule has 1 fully saturated rings. The van der Waals surface area contributed by atoms with E-state index in [1.54, 1.807) is 13.8 Å². The van der Waals surface area contributed by atoms with E-state index < -0.39 is 17.5 Å². The van der Waals surface area contributed by atoms with Crippen LogP contribution in [0.3, 0.4) is 0 Å². The summed E-state index contributed by atoms with van der Waals surface area (Å²) in [7, 11) is 0. The third-order valence-electron chi connectivity index (χ3n) is 3.72. The topological polar surface area (TPSA) is 66.8 Å². The Hall–Kier alpha value is -0.610. The molecule has 1 heterocycles. The van der Waals surface area contributed by atoms with Crippen molar-refractivity contribution in [3.8, 4) is 0 Å². The minimum Gasteiger partial charge on any atom is -0.479 e. The van der Waals surface area contributed by atoms with Crippen LogP contribution in [0.1, 0.15) is 27.2 Å². The highest BCUT2D eigenvalue weighted by Gasteiger charge is 2.54. The molecule has 0 saturated carbocycles. The Bertz CT molecular complexity index is 225. The van der Waals surface area contributed by atoms with Crippen LogP contribution in [0.2, 0.25) is 0 Å². The van der Waals surface area contributed by atoms with E-state index in [1.807, 2.05) is 6.92 Å². The zero-order valence-corrected chi connectivity index (χ0v) is 8.91. The monoisotopic (exact) mass is 202 g/mol. The van der Waals surface area contributed by atoms with E-state index in [9.17, 15) is 9.90 Å². The maximum Gasteiger partial charge on any atom is 0.333 e. The van der Waals surface area contributed by atoms with Crippen molar-refractivity contribution in [2.45, 2.75) is 33.3 Å². The lowest BCUT2D eigenvalue weighted by molar-refractivity contribution is -0.212. The predicted molar refractivity (Wildman–Crippen MR) is 51.0 cm³/mol. The number of carboxylic acids is 1. The van der Waals surface area contributed by atoms with Crippen LogP contribution in [0, 0.1) is 10.8 Å². The molecule has 1 saturated heterocycles. The van der Waals surface area contributed by atoms with E-state index in [2.05, 4.69) is 0 Å². The van der Waals surface area contributed by atoms with Gasteiger partial charge in [-0.1, -0.05) is 20.8 Å². The van der Waals surface area contributed by atoms with Crippen LogP contribution >= 0.6 is 0 Å². The number of aliphatic carboxylic acids is 1. The van der Waals surface area contributed by atoms with Gasteiger partial charge in [0, 0.05) is 10.8 Å². The SMILES string of the molecule is CCC1(C(C)(C)C(O)C(=O)O)COC1. The van der Waals surface area contributed by atoms with Gasteiger partial charge in [0.25, 0.3) is 0 Å². The zero-order chi connectivity index (χ0) is 11.0. The zero-order valence-electron chi connectivity index (χ0n) is 8.91. The normalized spacial score (nSPS) is 22.6. The molecule has 0 aromatic rings. The summed E-state index contributed by atoms with van der Waals surface area (Å²) in [4.78, 5) is 10.8. The largest absolute Gasteiger partial charge is 0.479 e. The summed E-state index contributed by atoms with van der Waals surface area (Å²) in [5, 5.41) is 18.4. The first-order valence-electron chi connectivity index (χ1n) is 4.86. The van der Waals surface area contributed by atoms with Crippen molar-refractivity contribution in [1.82, 2.24) is 0 Å². The van der Waals surface area contributed by atoms with Crippen molar-refractivity contribution in [2.24, 2.45) is 10.8 Å². The Labute approximate surface area is 83.9 Å². The second-order valence-electron chi connectivity index (χ2n) is 4.59. The van der Waals surface area contributed by atoms with Crippen LogP contribution in [0.4, 0.5) is 0 Å². The molecule has 1 aliphatic heterocycles. The second-order valence-corrected chi connectivity index (χ2v) is 4.59. The number of rotatable bonds is 4. The van der Waals surface area contributed by atoms with Crippen LogP contribution in [0.5, 0.6) is 0 Å². The highest BCUT2D eigenvalue weighted by molar-refractivity contribution is 5.73. The van der Waals surface area contributed by atoms with Crippen LogP contribution in [-0.4, -0.2) is 35.5 Å². The highest BCUT2D eigenvalue weighted by atomic mass is 16.5. The summed E-state index contributed by atoms with van der Waals surface area (Å²) >= 11 is 0. The summed E-state index contributed by atoms with van der Waals surface area (Å²) < 4.78 is 5.14. The molecule has 0 aromatic carbocycles. The summed E-state index contributed by atoms with van der Waals surface area (Å²) in [5.41, 5.74) is -0.837. The first-order valence-corrected chi connectivity index (χ1v) is 4.86. The van der Waals surface area contributed by atoms with E-state index >= 15 is 0 Å². The average molecular weight is 202 g/mol. The van der Waals surface area contributed by atoms with E-state index in [0.29, 0.717) is 13.2 Å². The smallest absolute Gasteiger partial charge is 0.333 e. The third-order valence-corrected chi connectivity index (χ3v) is 3.72. The third kappa shape index (κ3) is 1.42. The van der Waals surface area contributed by atoms with Crippen LogP contribution in [-0.2, 0) is 9.53 Å². The van der Waals surface area contributed by atoms with E-state index in [-0.39, 0.29) is 5.41 Å². The van der Waals surface area contributed by atoms with Gasteiger partial charge in [-0.3, -0.25) is 0 Å². The minimum atomic E-state index is -1.33. The molecule has 0 aromatic heterocycles. The number of hydrogen-bond acceptors (Lipinski definition) is 3. The van der Waals surface area contributed by atoms with Gasteiger partial charge in [-0.25, -0.2) is 4.79 Å². The Morgan fingerprint density at radius 2 is 2.07 bits per heavy atom. The Morgan fingerprint density at radius 3 is 2.29 bits per heavy atom. The lowest BCUT2D eigenvalue weighted by Crippen LogP contribution is -2.58. The Balaban J connectivity index is 2.87. The number of aliphatic hydroxyl groups is 1. The lowest BCUT2D eigenvalue weighted by atomic mass is 9.60. The number of carbonyl (C=O) groups is 1. The molecule has 1 aliphatic rings. The fraction of sp³-hybridized carbons (Fsp3) is 0.900. The molecule has 82 valence electrons. The van der Waals surface area contributed by atoms with Gasteiger partial charge in [-0.05, 0) is 6.42 Å². The molecule has 14 heavy (non-hydrogen) atoms. The van der Waals surface area contributed by atoms with E-state index in [0.717, 1.165) is 6.42 Å². The minimum absolute atomic E-state index is 0.190. The molecule has 4 nitrogen and oxygen atoms in total. The maximum absolute atomic E-state index is 10.8. The van der Waals surface area contributed by atoms with E-state index in [4.69, 9.17) is 9.84 Å². The molecular formula is C10H18O4. The molecule has 0 spiro atoms. The first kappa shape index (κ1) is 11.5. The van der Waals surface area contributed by atoms with Gasteiger partial charge in [-0.2, -0.15) is 0 Å². The molecule has 0 aliphatic carbocycles. The molecule has 0 amide bonds. The molecule has 2 N–H and O–H groups in total. The van der Waals surface area contributed by atoms with Crippen molar-refractivity contribution in [3.63, 3.8) is 0 Å². The predicted octanol–water partition coefficient (Wildman–Crippen LogP) is 0.885. The fourth-order valence-corrected chi connectivity index (χ4v) is 1.98. The maximum atomic E-state index is 10.8. The fourth-order valence-electron chi connectivity index (χ4n) is 1.98. The number of carboxylic acid groups (broad SMARTS) is 1.